The number of benzene rings is 2. The molecule has 1 fully saturated rings. The van der Waals surface area contributed by atoms with Crippen molar-refractivity contribution in [2.24, 2.45) is 5.41 Å². The van der Waals surface area contributed by atoms with E-state index in [1.54, 1.807) is 6.92 Å². The monoisotopic (exact) mass is 338 g/mol. The Bertz CT molecular complexity index is 733. The molecule has 1 aliphatic heterocycles. The van der Waals surface area contributed by atoms with Crippen LogP contribution >= 0.6 is 0 Å². The summed E-state index contributed by atoms with van der Waals surface area (Å²) in [5.74, 6) is 0.251. The Labute approximate surface area is 147 Å². The second kappa shape index (κ2) is 7.38. The van der Waals surface area contributed by atoms with Gasteiger partial charge in [-0.1, -0.05) is 48.5 Å². The minimum Gasteiger partial charge on any atom is -0.484 e. The lowest BCUT2D eigenvalue weighted by atomic mass is 9.88. The number of carbonyl (C=O) groups is 2. The summed E-state index contributed by atoms with van der Waals surface area (Å²) in [5.41, 5.74) is -0.0405. The van der Waals surface area contributed by atoms with Crippen LogP contribution in [0.4, 0.5) is 0 Å². The van der Waals surface area contributed by atoms with Crippen LogP contribution in [0, 0.1) is 5.41 Å². The van der Waals surface area contributed by atoms with Crippen LogP contribution < -0.4 is 15.4 Å². The molecular weight excluding hydrogens is 316 g/mol. The van der Waals surface area contributed by atoms with Gasteiger partial charge in [0.25, 0.3) is 0 Å². The summed E-state index contributed by atoms with van der Waals surface area (Å²) in [6.07, 6.45) is 0.174. The van der Waals surface area contributed by atoms with E-state index in [0.29, 0.717) is 19.5 Å². The van der Waals surface area contributed by atoms with Gasteiger partial charge in [-0.25, -0.2) is 0 Å². The third-order valence-corrected chi connectivity index (χ3v) is 4.55. The molecule has 2 aromatic carbocycles. The lowest BCUT2D eigenvalue weighted by molar-refractivity contribution is -0.139. The second-order valence-electron chi connectivity index (χ2n) is 6.38. The molecule has 2 amide bonds. The molecule has 130 valence electrons. The first-order valence-electron chi connectivity index (χ1n) is 8.43. The highest BCUT2D eigenvalue weighted by Crippen LogP contribution is 2.27. The van der Waals surface area contributed by atoms with Crippen molar-refractivity contribution in [3.63, 3.8) is 0 Å². The van der Waals surface area contributed by atoms with E-state index >= 15 is 0 Å². The van der Waals surface area contributed by atoms with Crippen molar-refractivity contribution in [2.75, 3.05) is 13.1 Å². The Morgan fingerprint density at radius 1 is 1.16 bits per heavy atom. The van der Waals surface area contributed by atoms with Crippen molar-refractivity contribution in [3.05, 3.63) is 66.2 Å². The first-order valence-corrected chi connectivity index (χ1v) is 8.43. The van der Waals surface area contributed by atoms with E-state index in [2.05, 4.69) is 10.6 Å². The van der Waals surface area contributed by atoms with Crippen molar-refractivity contribution < 1.29 is 14.3 Å². The van der Waals surface area contributed by atoms with E-state index in [1.807, 2.05) is 60.7 Å². The van der Waals surface area contributed by atoms with Crippen molar-refractivity contribution in [1.82, 2.24) is 10.6 Å². The molecule has 0 aliphatic carbocycles. The summed E-state index contributed by atoms with van der Waals surface area (Å²) in [7, 11) is 0. The molecule has 5 nitrogen and oxygen atoms in total. The van der Waals surface area contributed by atoms with Gasteiger partial charge >= 0.3 is 0 Å². The number of amides is 2. The summed E-state index contributed by atoms with van der Waals surface area (Å²) in [4.78, 5) is 24.5. The van der Waals surface area contributed by atoms with Gasteiger partial charge in [-0.3, -0.25) is 9.59 Å². The summed E-state index contributed by atoms with van der Waals surface area (Å²) in [5, 5.41) is 5.61. The number of nitrogens with one attached hydrogen (secondary N) is 2. The number of ether oxygens (including phenoxy) is 1. The molecule has 0 aromatic heterocycles. The molecule has 1 heterocycles. The zero-order valence-corrected chi connectivity index (χ0v) is 14.2. The fraction of sp³-hybridized carbons (Fsp3) is 0.300. The van der Waals surface area contributed by atoms with Gasteiger partial charge in [-0.2, -0.15) is 0 Å². The third kappa shape index (κ3) is 3.82. The molecule has 3 rings (SSSR count). The van der Waals surface area contributed by atoms with Crippen molar-refractivity contribution in [3.8, 4) is 5.75 Å². The van der Waals surface area contributed by atoms with E-state index in [1.165, 1.54) is 0 Å². The van der Waals surface area contributed by atoms with Crippen LogP contribution in [0.25, 0.3) is 0 Å². The number of rotatable bonds is 6. The van der Waals surface area contributed by atoms with Crippen LogP contribution in [0.15, 0.2) is 60.7 Å². The molecule has 1 aliphatic rings. The van der Waals surface area contributed by atoms with Gasteiger partial charge in [0.15, 0.2) is 0 Å². The van der Waals surface area contributed by atoms with Crippen molar-refractivity contribution in [1.29, 1.82) is 0 Å². The van der Waals surface area contributed by atoms with Crippen molar-refractivity contribution in [2.45, 2.75) is 19.4 Å². The quantitative estimate of drug-likeness (QED) is 0.795. The molecule has 0 spiro atoms. The van der Waals surface area contributed by atoms with Gasteiger partial charge in [0.1, 0.15) is 17.3 Å². The van der Waals surface area contributed by atoms with E-state index < -0.39 is 5.41 Å². The number of hydrogen-bond acceptors (Lipinski definition) is 3. The summed E-state index contributed by atoms with van der Waals surface area (Å²) in [6, 6.07) is 19.2. The first kappa shape index (κ1) is 17.0. The molecule has 0 bridgehead atoms. The molecule has 1 saturated heterocycles. The van der Waals surface area contributed by atoms with E-state index in [9.17, 15) is 9.59 Å². The van der Waals surface area contributed by atoms with Crippen LogP contribution in [0.5, 0.6) is 5.75 Å². The maximum absolute atomic E-state index is 12.5. The molecule has 5 heteroatoms. The van der Waals surface area contributed by atoms with Gasteiger partial charge in [-0.15, -0.1) is 0 Å². The molecule has 2 N–H and O–H groups in total. The van der Waals surface area contributed by atoms with E-state index in [4.69, 9.17) is 4.74 Å². The smallest absolute Gasteiger partial charge is 0.235 e. The highest BCUT2D eigenvalue weighted by Gasteiger charge is 2.44. The van der Waals surface area contributed by atoms with Crippen LogP contribution in [0.3, 0.4) is 0 Å². The maximum Gasteiger partial charge on any atom is 0.235 e. The summed E-state index contributed by atoms with van der Waals surface area (Å²) < 4.78 is 6.06. The van der Waals surface area contributed by atoms with Crippen LogP contribution in [-0.2, 0) is 9.59 Å². The average molecular weight is 338 g/mol. The van der Waals surface area contributed by atoms with E-state index in [-0.39, 0.29) is 17.9 Å². The molecule has 2 aromatic rings. The fourth-order valence-corrected chi connectivity index (χ4v) is 2.89. The zero-order chi connectivity index (χ0) is 17.7. The minimum absolute atomic E-state index is 0.217. The van der Waals surface area contributed by atoms with Crippen LogP contribution in [-0.4, -0.2) is 24.9 Å². The number of carbonyl (C=O) groups excluding carboxylic acids is 2. The Morgan fingerprint density at radius 3 is 2.40 bits per heavy atom. The molecule has 25 heavy (non-hydrogen) atoms. The summed E-state index contributed by atoms with van der Waals surface area (Å²) >= 11 is 0. The Kier molecular flexibility index (Phi) is 5.03. The number of hydrogen-bond donors (Lipinski definition) is 2. The predicted octanol–water partition coefficient (Wildman–Crippen LogP) is 2.45. The minimum atomic E-state index is -1.01. The summed E-state index contributed by atoms with van der Waals surface area (Å²) in [6.45, 7) is 2.51. The molecule has 0 radical (unpaired) electrons. The SMILES string of the molecule is CC1(C(=O)NCC(Oc2ccccc2)c2ccccc2)CCNC1=O. The predicted molar refractivity (Wildman–Crippen MR) is 95.0 cm³/mol. The molecule has 0 saturated carbocycles. The normalized spacial score (nSPS) is 20.6. The molecule has 2 unspecified atom stereocenters. The van der Waals surface area contributed by atoms with Crippen molar-refractivity contribution >= 4 is 11.8 Å². The zero-order valence-electron chi connectivity index (χ0n) is 14.2. The lowest BCUT2D eigenvalue weighted by Gasteiger charge is -2.24. The highest BCUT2D eigenvalue weighted by atomic mass is 16.5. The van der Waals surface area contributed by atoms with Gasteiger partial charge in [0.05, 0.1) is 6.54 Å². The average Bonchev–Trinajstić information content (AvgIpc) is 3.00. The lowest BCUT2D eigenvalue weighted by Crippen LogP contribution is -2.45. The van der Waals surface area contributed by atoms with Crippen LogP contribution in [0.1, 0.15) is 25.0 Å². The van der Waals surface area contributed by atoms with Gasteiger partial charge in [0, 0.05) is 6.54 Å². The standard InChI is InChI=1S/C20H22N2O3/c1-20(12-13-21-18(20)23)19(24)22-14-17(15-8-4-2-5-9-15)25-16-10-6-3-7-11-16/h2-11,17H,12-14H2,1H3,(H,21,23)(H,22,24). The topological polar surface area (TPSA) is 67.4 Å². The second-order valence-corrected chi connectivity index (χ2v) is 6.38. The first-order chi connectivity index (χ1) is 12.1. The highest BCUT2D eigenvalue weighted by molar-refractivity contribution is 6.05. The Hall–Kier alpha value is -2.82. The van der Waals surface area contributed by atoms with Gasteiger partial charge < -0.3 is 15.4 Å². The van der Waals surface area contributed by atoms with Gasteiger partial charge in [0.2, 0.25) is 11.8 Å². The largest absolute Gasteiger partial charge is 0.484 e. The van der Waals surface area contributed by atoms with Crippen LogP contribution in [0.2, 0.25) is 0 Å². The Balaban J connectivity index is 1.72. The third-order valence-electron chi connectivity index (χ3n) is 4.55. The Morgan fingerprint density at radius 2 is 1.80 bits per heavy atom. The number of para-hydroxylation sites is 1. The fourth-order valence-electron chi connectivity index (χ4n) is 2.89. The maximum atomic E-state index is 12.5. The molecular formula is C20H22N2O3. The molecule has 2 atom stereocenters. The van der Waals surface area contributed by atoms with E-state index in [0.717, 1.165) is 11.3 Å². The van der Waals surface area contributed by atoms with Gasteiger partial charge in [-0.05, 0) is 31.0 Å².